The minimum Gasteiger partial charge on any atom is -0.494 e. The molecule has 0 unspecified atom stereocenters. The van der Waals surface area contributed by atoms with Gasteiger partial charge in [0.05, 0.1) is 30.2 Å². The predicted octanol–water partition coefficient (Wildman–Crippen LogP) is 6.09. The van der Waals surface area contributed by atoms with Crippen molar-refractivity contribution in [1.29, 1.82) is 0 Å². The van der Waals surface area contributed by atoms with Gasteiger partial charge in [-0.25, -0.2) is 0 Å². The fourth-order valence-corrected chi connectivity index (χ4v) is 6.05. The number of carbonyl (C=O) groups is 2. The first kappa shape index (κ1) is 32.3. The lowest BCUT2D eigenvalue weighted by atomic mass is 10.2. The number of amides is 2. The second kappa shape index (κ2) is 15.2. The van der Waals surface area contributed by atoms with Gasteiger partial charge in [0.15, 0.2) is 15.3 Å². The van der Waals surface area contributed by atoms with Crippen molar-refractivity contribution in [3.8, 4) is 11.4 Å². The number of ether oxygens (including phenoxy) is 1. The van der Waals surface area contributed by atoms with Crippen LogP contribution in [0.15, 0.2) is 58.0 Å². The molecule has 16 heteroatoms. The molecule has 4 aromatic rings. The standard InChI is InChI=1S/C27H28F3N7O3S3/c1-3-5-13-40-20-11-9-17(10-12-20)23(39)31-15-21-33-35-25(37(21)19-8-6-7-18(14-19)27(28,29)30)42-16-22(38)32-24-34-36-26(43-24)41-4-2/h6-12,14H,3-5,13,15-16H2,1-2H3,(H,31,39)(H,32,34,38). The lowest BCUT2D eigenvalue weighted by molar-refractivity contribution is -0.137. The Bertz CT molecular complexity index is 1530. The summed E-state index contributed by atoms with van der Waals surface area (Å²) in [6.07, 6.45) is -2.65. The van der Waals surface area contributed by atoms with Crippen LogP contribution in [0.5, 0.6) is 5.75 Å². The van der Waals surface area contributed by atoms with Gasteiger partial charge >= 0.3 is 6.18 Å². The normalized spacial score (nSPS) is 11.4. The summed E-state index contributed by atoms with van der Waals surface area (Å²) in [5, 5.41) is 22.1. The number of carbonyl (C=O) groups excluding carboxylic acids is 2. The molecule has 2 N–H and O–H groups in total. The molecule has 4 rings (SSSR count). The van der Waals surface area contributed by atoms with Crippen LogP contribution in [0.25, 0.3) is 5.69 Å². The maximum atomic E-state index is 13.5. The number of benzene rings is 2. The predicted molar refractivity (Wildman–Crippen MR) is 160 cm³/mol. The van der Waals surface area contributed by atoms with Crippen molar-refractivity contribution in [2.45, 2.75) is 48.9 Å². The summed E-state index contributed by atoms with van der Waals surface area (Å²) in [6, 6.07) is 11.3. The Morgan fingerprint density at radius 2 is 1.81 bits per heavy atom. The molecule has 0 aliphatic rings. The highest BCUT2D eigenvalue weighted by molar-refractivity contribution is 8.01. The van der Waals surface area contributed by atoms with E-state index < -0.39 is 23.6 Å². The van der Waals surface area contributed by atoms with E-state index in [1.165, 1.54) is 39.8 Å². The minimum absolute atomic E-state index is 0.119. The Hall–Kier alpha value is -3.63. The molecule has 2 aromatic heterocycles. The van der Waals surface area contributed by atoms with Gasteiger partial charge in [-0.15, -0.1) is 20.4 Å². The topological polar surface area (TPSA) is 124 Å². The fraction of sp³-hybridized carbons (Fsp3) is 0.333. The molecule has 0 saturated carbocycles. The molecule has 0 fully saturated rings. The Balaban J connectivity index is 1.49. The van der Waals surface area contributed by atoms with Crippen LogP contribution in [-0.4, -0.2) is 54.9 Å². The third-order valence-corrected chi connectivity index (χ3v) is 8.46. The van der Waals surface area contributed by atoms with Gasteiger partial charge < -0.3 is 10.1 Å². The summed E-state index contributed by atoms with van der Waals surface area (Å²) in [4.78, 5) is 25.4. The van der Waals surface area contributed by atoms with Crippen molar-refractivity contribution in [1.82, 2.24) is 30.3 Å². The quantitative estimate of drug-likeness (QED) is 0.0947. The van der Waals surface area contributed by atoms with Crippen molar-refractivity contribution in [3.05, 3.63) is 65.5 Å². The molecule has 0 spiro atoms. The van der Waals surface area contributed by atoms with Gasteiger partial charge in [-0.2, -0.15) is 13.2 Å². The molecule has 2 aromatic carbocycles. The van der Waals surface area contributed by atoms with E-state index in [9.17, 15) is 22.8 Å². The molecule has 0 bridgehead atoms. The third kappa shape index (κ3) is 9.18. The summed E-state index contributed by atoms with van der Waals surface area (Å²) in [5.41, 5.74) is -0.358. The Kier molecular flexibility index (Phi) is 11.4. The van der Waals surface area contributed by atoms with Crippen LogP contribution in [0.2, 0.25) is 0 Å². The van der Waals surface area contributed by atoms with Crippen molar-refractivity contribution in [2.75, 3.05) is 23.4 Å². The van der Waals surface area contributed by atoms with Crippen LogP contribution in [0.3, 0.4) is 0 Å². The number of thioether (sulfide) groups is 2. The van der Waals surface area contributed by atoms with E-state index in [0.717, 1.165) is 46.8 Å². The molecule has 10 nitrogen and oxygen atoms in total. The van der Waals surface area contributed by atoms with E-state index in [0.29, 0.717) is 23.1 Å². The van der Waals surface area contributed by atoms with Crippen LogP contribution < -0.4 is 15.4 Å². The van der Waals surface area contributed by atoms with Crippen LogP contribution in [0.4, 0.5) is 18.3 Å². The number of aromatic nitrogens is 5. The van der Waals surface area contributed by atoms with Gasteiger partial charge in [-0.1, -0.05) is 61.2 Å². The summed E-state index contributed by atoms with van der Waals surface area (Å²) >= 11 is 3.72. The van der Waals surface area contributed by atoms with Gasteiger partial charge in [-0.3, -0.25) is 19.5 Å². The van der Waals surface area contributed by atoms with Gasteiger partial charge in [0, 0.05) is 5.56 Å². The number of alkyl halides is 3. The molecule has 2 amide bonds. The Morgan fingerprint density at radius 1 is 1.02 bits per heavy atom. The maximum Gasteiger partial charge on any atom is 0.416 e. The number of nitrogens with zero attached hydrogens (tertiary/aromatic N) is 5. The number of anilines is 1. The Morgan fingerprint density at radius 3 is 2.53 bits per heavy atom. The van der Waals surface area contributed by atoms with Gasteiger partial charge in [0.1, 0.15) is 5.75 Å². The van der Waals surface area contributed by atoms with E-state index in [-0.39, 0.29) is 29.0 Å². The molecule has 228 valence electrons. The van der Waals surface area contributed by atoms with E-state index >= 15 is 0 Å². The molecule has 0 saturated heterocycles. The van der Waals surface area contributed by atoms with Gasteiger partial charge in [-0.05, 0) is 54.6 Å². The van der Waals surface area contributed by atoms with Crippen LogP contribution >= 0.6 is 34.9 Å². The molecule has 0 aliphatic carbocycles. The molecule has 0 aliphatic heterocycles. The molecular weight excluding hydrogens is 624 g/mol. The summed E-state index contributed by atoms with van der Waals surface area (Å²) < 4.78 is 48.2. The Labute approximate surface area is 258 Å². The average Bonchev–Trinajstić information content (AvgIpc) is 3.61. The number of hydrogen-bond acceptors (Lipinski definition) is 10. The zero-order chi connectivity index (χ0) is 30.8. The first-order chi connectivity index (χ1) is 20.7. The number of halogens is 3. The van der Waals surface area contributed by atoms with Crippen molar-refractivity contribution < 1.29 is 27.5 Å². The third-order valence-electron chi connectivity index (χ3n) is 5.68. The van der Waals surface area contributed by atoms with Crippen LogP contribution in [-0.2, 0) is 17.5 Å². The monoisotopic (exact) mass is 651 g/mol. The fourth-order valence-electron chi connectivity index (χ4n) is 3.61. The number of nitrogens with one attached hydrogen (secondary N) is 2. The van der Waals surface area contributed by atoms with E-state index in [1.807, 2.05) is 6.92 Å². The molecule has 0 radical (unpaired) electrons. The molecule has 0 atom stereocenters. The second-order valence-electron chi connectivity index (χ2n) is 8.83. The summed E-state index contributed by atoms with van der Waals surface area (Å²) in [5.74, 6) is 0.709. The number of hydrogen-bond donors (Lipinski definition) is 2. The highest BCUT2D eigenvalue weighted by Gasteiger charge is 2.31. The first-order valence-electron chi connectivity index (χ1n) is 13.2. The van der Waals surface area contributed by atoms with E-state index in [4.69, 9.17) is 4.74 Å². The summed E-state index contributed by atoms with van der Waals surface area (Å²) in [7, 11) is 0. The number of unbranched alkanes of at least 4 members (excludes halogenated alkanes) is 1. The maximum absolute atomic E-state index is 13.5. The number of rotatable bonds is 14. The van der Waals surface area contributed by atoms with Gasteiger partial charge in [0.2, 0.25) is 11.0 Å². The zero-order valence-corrected chi connectivity index (χ0v) is 25.6. The summed E-state index contributed by atoms with van der Waals surface area (Å²) in [6.45, 7) is 4.48. The van der Waals surface area contributed by atoms with Crippen molar-refractivity contribution in [2.24, 2.45) is 0 Å². The van der Waals surface area contributed by atoms with Crippen molar-refractivity contribution in [3.63, 3.8) is 0 Å². The minimum atomic E-state index is -4.57. The highest BCUT2D eigenvalue weighted by atomic mass is 32.2. The molecular formula is C27H28F3N7O3S3. The van der Waals surface area contributed by atoms with Gasteiger partial charge in [0.25, 0.3) is 5.91 Å². The lowest BCUT2D eigenvalue weighted by Crippen LogP contribution is -2.24. The van der Waals surface area contributed by atoms with E-state index in [1.54, 1.807) is 24.3 Å². The lowest BCUT2D eigenvalue weighted by Gasteiger charge is -2.13. The molecule has 2 heterocycles. The second-order valence-corrected chi connectivity index (χ2v) is 12.3. The zero-order valence-electron chi connectivity index (χ0n) is 23.2. The van der Waals surface area contributed by atoms with Crippen LogP contribution in [0, 0.1) is 0 Å². The largest absolute Gasteiger partial charge is 0.494 e. The first-order valence-corrected chi connectivity index (χ1v) is 16.0. The highest BCUT2D eigenvalue weighted by Crippen LogP contribution is 2.32. The van der Waals surface area contributed by atoms with Crippen LogP contribution in [0.1, 0.15) is 48.4 Å². The molecule has 43 heavy (non-hydrogen) atoms. The van der Waals surface area contributed by atoms with E-state index in [2.05, 4.69) is 38.0 Å². The smallest absolute Gasteiger partial charge is 0.416 e. The average molecular weight is 652 g/mol. The SMILES string of the molecule is CCCCOc1ccc(C(=O)NCc2nnc(SCC(=O)Nc3nnc(SCC)s3)n2-c2cccc(C(F)(F)F)c2)cc1. The van der Waals surface area contributed by atoms with Crippen molar-refractivity contribution >= 4 is 51.8 Å².